The van der Waals surface area contributed by atoms with Gasteiger partial charge < -0.3 is 9.42 Å². The summed E-state index contributed by atoms with van der Waals surface area (Å²) in [6, 6.07) is 9.11. The Bertz CT molecular complexity index is 1510. The molecule has 0 saturated heterocycles. The van der Waals surface area contributed by atoms with Crippen molar-refractivity contribution in [1.29, 1.82) is 0 Å². The smallest absolute Gasteiger partial charge is 0.264 e. The first-order valence-corrected chi connectivity index (χ1v) is 14.1. The molecule has 9 rings (SSSR count). The van der Waals surface area contributed by atoms with Crippen molar-refractivity contribution in [3.8, 4) is 11.1 Å². The summed E-state index contributed by atoms with van der Waals surface area (Å²) >= 11 is 0. The average Bonchev–Trinajstić information content (AvgIpc) is 3.43. The van der Waals surface area contributed by atoms with E-state index in [1.165, 1.54) is 19.9 Å². The summed E-state index contributed by atoms with van der Waals surface area (Å²) in [4.78, 5) is 32.3. The molecular weight excluding hydrogens is 516 g/mol. The van der Waals surface area contributed by atoms with Gasteiger partial charge in [-0.05, 0) is 94.7 Å². The van der Waals surface area contributed by atoms with Crippen LogP contribution in [0.15, 0.2) is 45.8 Å². The van der Waals surface area contributed by atoms with Gasteiger partial charge in [0.2, 0.25) is 5.91 Å². The number of rotatable bonds is 7. The Morgan fingerprint density at radius 1 is 1.07 bits per heavy atom. The van der Waals surface area contributed by atoms with Crippen LogP contribution in [0.25, 0.3) is 11.1 Å². The number of hydrogen-bond acceptors (Lipinski definition) is 6. The van der Waals surface area contributed by atoms with Crippen molar-refractivity contribution < 1.29 is 18.1 Å². The Hall–Kier alpha value is -3.43. The minimum atomic E-state index is -1.69. The molecule has 6 fully saturated rings. The van der Waals surface area contributed by atoms with E-state index in [4.69, 9.17) is 4.52 Å². The zero-order valence-corrected chi connectivity index (χ0v) is 22.8. The number of alkyl halides is 2. The zero-order chi connectivity index (χ0) is 28.0. The van der Waals surface area contributed by atoms with E-state index < -0.39 is 16.8 Å². The van der Waals surface area contributed by atoms with Gasteiger partial charge in [-0.15, -0.1) is 0 Å². The maximum Gasteiger partial charge on any atom is 0.264 e. The second kappa shape index (κ2) is 8.30. The first-order valence-electron chi connectivity index (χ1n) is 14.1. The lowest BCUT2D eigenvalue weighted by Crippen LogP contribution is -2.71. The van der Waals surface area contributed by atoms with Crippen LogP contribution in [0, 0.1) is 10.8 Å². The molecule has 2 heterocycles. The van der Waals surface area contributed by atoms with E-state index in [1.807, 2.05) is 29.2 Å². The molecule has 0 unspecified atom stereocenters. The van der Waals surface area contributed by atoms with Gasteiger partial charge in [-0.2, -0.15) is 10.1 Å². The van der Waals surface area contributed by atoms with Gasteiger partial charge in [0.25, 0.3) is 11.4 Å². The fraction of sp³-hybridized carbons (Fsp3) is 0.567. The molecule has 10 heteroatoms. The maximum atomic E-state index is 14.5. The van der Waals surface area contributed by atoms with E-state index in [0.717, 1.165) is 49.8 Å². The summed E-state index contributed by atoms with van der Waals surface area (Å²) in [5.74, 6) is 0.601. The minimum absolute atomic E-state index is 0.00187. The van der Waals surface area contributed by atoms with Gasteiger partial charge in [0.15, 0.2) is 11.5 Å². The molecule has 1 aromatic carbocycles. The fourth-order valence-corrected chi connectivity index (χ4v) is 7.70. The van der Waals surface area contributed by atoms with E-state index in [2.05, 4.69) is 20.3 Å². The number of aromatic amines is 1. The number of nitrogens with one attached hydrogen (secondary N) is 1. The molecule has 1 N–H and O–H groups in total. The molecule has 6 saturated carbocycles. The number of carbonyl (C=O) groups excluding carboxylic acids is 1. The summed E-state index contributed by atoms with van der Waals surface area (Å²) in [6.45, 7) is 3.38. The number of H-pyrrole nitrogens is 1. The molecule has 0 radical (unpaired) electrons. The Kier molecular flexibility index (Phi) is 5.30. The lowest BCUT2D eigenvalue weighted by Gasteiger charge is -2.65. The Morgan fingerprint density at radius 3 is 2.38 bits per heavy atom. The molecular formula is C30H33F2N5O3. The summed E-state index contributed by atoms with van der Waals surface area (Å²) in [6.07, 6.45) is 7.69. The second-order valence-electron chi connectivity index (χ2n) is 13.4. The molecule has 210 valence electrons. The van der Waals surface area contributed by atoms with Crippen LogP contribution in [0.5, 0.6) is 0 Å². The van der Waals surface area contributed by atoms with Gasteiger partial charge in [-0.1, -0.05) is 17.3 Å². The highest BCUT2D eigenvalue weighted by molar-refractivity contribution is 6.00. The van der Waals surface area contributed by atoms with E-state index >= 15 is 0 Å². The van der Waals surface area contributed by atoms with Crippen molar-refractivity contribution in [2.24, 2.45) is 10.8 Å². The van der Waals surface area contributed by atoms with Gasteiger partial charge in [0, 0.05) is 29.3 Å². The number of hydrogen-bond donors (Lipinski definition) is 1. The largest absolute Gasteiger partial charge is 0.336 e. The van der Waals surface area contributed by atoms with E-state index in [0.29, 0.717) is 37.2 Å². The topological polar surface area (TPSA) is 105 Å². The molecule has 40 heavy (non-hydrogen) atoms. The minimum Gasteiger partial charge on any atom is -0.336 e. The highest BCUT2D eigenvalue weighted by Crippen LogP contribution is 2.70. The van der Waals surface area contributed by atoms with E-state index in [9.17, 15) is 18.4 Å². The number of carbonyl (C=O) groups is 1. The predicted molar refractivity (Wildman–Crippen MR) is 143 cm³/mol. The van der Waals surface area contributed by atoms with Gasteiger partial charge in [-0.3, -0.25) is 9.59 Å². The van der Waals surface area contributed by atoms with E-state index in [1.54, 1.807) is 6.20 Å². The molecule has 0 aliphatic heterocycles. The highest BCUT2D eigenvalue weighted by Gasteiger charge is 2.73. The first-order chi connectivity index (χ1) is 18.9. The van der Waals surface area contributed by atoms with E-state index in [-0.39, 0.29) is 28.2 Å². The Morgan fingerprint density at radius 2 is 1.77 bits per heavy atom. The number of halogens is 2. The molecule has 1 amide bonds. The zero-order valence-electron chi connectivity index (χ0n) is 22.8. The highest BCUT2D eigenvalue weighted by atomic mass is 19.1. The number of anilines is 1. The molecule has 2 aromatic heterocycles. The molecule has 8 nitrogen and oxygen atoms in total. The Balaban J connectivity index is 1.17. The van der Waals surface area contributed by atoms with Crippen LogP contribution in [0.2, 0.25) is 0 Å². The van der Waals surface area contributed by atoms with Gasteiger partial charge in [0.1, 0.15) is 5.67 Å². The van der Waals surface area contributed by atoms with Crippen molar-refractivity contribution in [2.75, 3.05) is 11.4 Å². The van der Waals surface area contributed by atoms with Crippen molar-refractivity contribution in [1.82, 2.24) is 20.3 Å². The number of benzene rings is 1. The number of nitrogens with zero attached hydrogens (tertiary/aromatic N) is 4. The Labute approximate surface area is 230 Å². The normalized spacial score (nSPS) is 32.3. The molecule has 6 aliphatic rings. The van der Waals surface area contributed by atoms with Crippen molar-refractivity contribution in [2.45, 2.75) is 88.4 Å². The van der Waals surface area contributed by atoms with Crippen LogP contribution in [0.1, 0.15) is 83.3 Å². The number of amides is 1. The molecule has 4 bridgehead atoms. The summed E-state index contributed by atoms with van der Waals surface area (Å²) in [5.41, 5.74) is -1.87. The van der Waals surface area contributed by atoms with Crippen molar-refractivity contribution in [3.05, 3.63) is 58.6 Å². The molecule has 6 aliphatic carbocycles. The second-order valence-corrected chi connectivity index (χ2v) is 13.4. The summed E-state index contributed by atoms with van der Waals surface area (Å²) in [7, 11) is 0. The molecule has 0 atom stereocenters. The van der Waals surface area contributed by atoms with Crippen LogP contribution in [0.3, 0.4) is 0 Å². The van der Waals surface area contributed by atoms with Gasteiger partial charge >= 0.3 is 0 Å². The molecule has 3 aromatic rings. The van der Waals surface area contributed by atoms with Gasteiger partial charge in [0.05, 0.1) is 11.6 Å². The fourth-order valence-electron chi connectivity index (χ4n) is 7.70. The quantitative estimate of drug-likeness (QED) is 0.415. The van der Waals surface area contributed by atoms with Gasteiger partial charge in [-0.25, -0.2) is 13.9 Å². The first kappa shape index (κ1) is 25.5. The van der Waals surface area contributed by atoms with Crippen LogP contribution < -0.4 is 10.5 Å². The van der Waals surface area contributed by atoms with Crippen LogP contribution in [-0.4, -0.2) is 38.5 Å². The summed E-state index contributed by atoms with van der Waals surface area (Å²) in [5, 5.41) is 10.5. The standard InChI is InChI=1S/C30H33F2N5O3/c1-26(2,31)24-34-23(36-40-24)28-9-6-27(7-10-28,8-11-28)18-37(25(39)29-15-30(32,16-29)17-29)21-5-3-4-19(12-21)20-13-22(38)35-33-14-20/h3-5,12-14H,6-11,15-18H2,1-2H3,(H,35,38). The predicted octanol–water partition coefficient (Wildman–Crippen LogP) is 5.54. The molecule has 0 spiro atoms. The van der Waals surface area contributed by atoms with Crippen molar-refractivity contribution in [3.63, 3.8) is 0 Å². The monoisotopic (exact) mass is 549 g/mol. The summed E-state index contributed by atoms with van der Waals surface area (Å²) < 4.78 is 34.2. The lowest BCUT2D eigenvalue weighted by molar-refractivity contribution is -0.211. The van der Waals surface area contributed by atoms with Crippen LogP contribution >= 0.6 is 0 Å². The van der Waals surface area contributed by atoms with Crippen LogP contribution in [0.4, 0.5) is 14.5 Å². The lowest BCUT2D eigenvalue weighted by atomic mass is 9.41. The SMILES string of the molecule is CC(C)(F)c1nc(C23CCC(CN(C(=O)C45CC(F)(C4)C5)c4cccc(-c5cn[nH]c(=O)c5)c4)(CC2)CC3)no1. The van der Waals surface area contributed by atoms with Crippen LogP contribution in [-0.2, 0) is 15.9 Å². The number of aromatic nitrogens is 4. The third kappa shape index (κ3) is 3.93. The third-order valence-electron chi connectivity index (χ3n) is 10.1. The number of fused-ring (bicyclic) bond motifs is 3. The third-order valence-corrected chi connectivity index (χ3v) is 10.1. The van der Waals surface area contributed by atoms with Crippen molar-refractivity contribution >= 4 is 11.6 Å². The maximum absolute atomic E-state index is 14.5. The average molecular weight is 550 g/mol.